The summed E-state index contributed by atoms with van der Waals surface area (Å²) < 4.78 is 11.9. The van der Waals surface area contributed by atoms with Crippen molar-refractivity contribution in [2.75, 3.05) is 111 Å². The number of ether oxygens (including phenoxy) is 2. The smallest absolute Gasteiger partial charge is 0.227 e. The van der Waals surface area contributed by atoms with Gasteiger partial charge in [0, 0.05) is 109 Å². The van der Waals surface area contributed by atoms with Gasteiger partial charge in [0.25, 0.3) is 0 Å². The highest BCUT2D eigenvalue weighted by Gasteiger charge is 2.30. The molecule has 2 amide bonds. The van der Waals surface area contributed by atoms with Crippen LogP contribution in [-0.4, -0.2) is 142 Å². The number of anilines is 8. The van der Waals surface area contributed by atoms with Crippen LogP contribution >= 0.6 is 23.5 Å². The molecular formula is C53H72N16O4S2. The fraction of sp³-hybridized carbons (Fsp3) is 0.472. The molecule has 4 aromatic heterocycles. The van der Waals surface area contributed by atoms with Crippen molar-refractivity contribution in [2.45, 2.75) is 93.2 Å². The number of carbonyl (C=O) groups is 2. The molecule has 0 radical (unpaired) electrons. The van der Waals surface area contributed by atoms with Crippen molar-refractivity contribution in [1.29, 1.82) is 0 Å². The first-order valence-corrected chi connectivity index (χ1v) is 27.6. The highest BCUT2D eigenvalue weighted by Crippen LogP contribution is 2.41. The molecule has 6 aromatic rings. The van der Waals surface area contributed by atoms with E-state index in [4.69, 9.17) is 29.4 Å². The van der Waals surface area contributed by atoms with Crippen molar-refractivity contribution >= 4 is 81.6 Å². The molecule has 0 unspecified atom stereocenters. The molecule has 75 heavy (non-hydrogen) atoms. The van der Waals surface area contributed by atoms with E-state index in [9.17, 15) is 9.59 Å². The highest BCUT2D eigenvalue weighted by molar-refractivity contribution is 7.99. The predicted octanol–water partition coefficient (Wildman–Crippen LogP) is 9.22. The summed E-state index contributed by atoms with van der Waals surface area (Å²) in [4.78, 5) is 55.1. The van der Waals surface area contributed by atoms with Gasteiger partial charge in [-0.2, -0.15) is 10.2 Å². The molecular weight excluding hydrogens is 989 g/mol. The molecule has 400 valence electrons. The number of amides is 2. The van der Waals surface area contributed by atoms with Crippen LogP contribution in [0.1, 0.15) is 70.7 Å². The van der Waals surface area contributed by atoms with Crippen molar-refractivity contribution in [3.8, 4) is 11.5 Å². The van der Waals surface area contributed by atoms with E-state index in [1.807, 2.05) is 81.4 Å². The zero-order valence-electron chi connectivity index (χ0n) is 44.5. The van der Waals surface area contributed by atoms with Gasteiger partial charge in [-0.25, -0.2) is 19.9 Å². The Morgan fingerprint density at radius 3 is 1.65 bits per heavy atom. The molecule has 22 heteroatoms. The zero-order chi connectivity index (χ0) is 52.8. The van der Waals surface area contributed by atoms with Crippen LogP contribution in [0.3, 0.4) is 0 Å². The van der Waals surface area contributed by atoms with E-state index in [2.05, 4.69) is 89.2 Å². The number of aromatic nitrogens is 8. The number of likely N-dealkylation sites (N-methyl/N-ethyl adjacent to an activating group) is 1. The van der Waals surface area contributed by atoms with Crippen molar-refractivity contribution in [1.82, 2.24) is 50.1 Å². The van der Waals surface area contributed by atoms with Crippen LogP contribution in [0.15, 0.2) is 80.8 Å². The lowest BCUT2D eigenvalue weighted by molar-refractivity contribution is -0.119. The first kappa shape index (κ1) is 54.6. The molecule has 2 aliphatic carbocycles. The lowest BCUT2D eigenvalue weighted by atomic mass is 10.1. The fourth-order valence-corrected chi connectivity index (χ4v) is 10.2. The van der Waals surface area contributed by atoms with E-state index >= 15 is 0 Å². The number of nitrogens with one attached hydrogen (secondary N) is 6. The van der Waals surface area contributed by atoms with E-state index in [1.54, 1.807) is 7.11 Å². The minimum Gasteiger partial charge on any atom is -0.490 e. The van der Waals surface area contributed by atoms with E-state index in [-0.39, 0.29) is 23.7 Å². The van der Waals surface area contributed by atoms with Crippen molar-refractivity contribution in [3.63, 3.8) is 0 Å². The Morgan fingerprint density at radius 1 is 0.693 bits per heavy atom. The van der Waals surface area contributed by atoms with E-state index in [0.717, 1.165) is 135 Å². The number of hydrogen-bond acceptors (Lipinski definition) is 18. The summed E-state index contributed by atoms with van der Waals surface area (Å²) in [7, 11) is 5.87. The van der Waals surface area contributed by atoms with Crippen LogP contribution in [0, 0.1) is 25.7 Å². The largest absolute Gasteiger partial charge is 0.490 e. The summed E-state index contributed by atoms with van der Waals surface area (Å²) in [6.07, 6.45) is 6.21. The van der Waals surface area contributed by atoms with Gasteiger partial charge in [-0.15, -0.1) is 0 Å². The molecule has 20 nitrogen and oxygen atoms in total. The summed E-state index contributed by atoms with van der Waals surface area (Å²) in [5, 5.41) is 28.4. The predicted molar refractivity (Wildman–Crippen MR) is 299 cm³/mol. The third kappa shape index (κ3) is 15.3. The Bertz CT molecular complexity index is 2800. The maximum absolute atomic E-state index is 12.5. The van der Waals surface area contributed by atoms with Crippen LogP contribution in [-0.2, 0) is 9.59 Å². The molecule has 6 N–H and O–H groups in total. The quantitative estimate of drug-likeness (QED) is 0.0349. The lowest BCUT2D eigenvalue weighted by Gasteiger charge is -2.36. The molecule has 2 saturated carbocycles. The molecule has 1 saturated heterocycles. The van der Waals surface area contributed by atoms with Crippen LogP contribution in [0.4, 0.5) is 46.3 Å². The summed E-state index contributed by atoms with van der Waals surface area (Å²) >= 11 is 2.94. The zero-order valence-corrected chi connectivity index (χ0v) is 46.1. The van der Waals surface area contributed by atoms with Crippen LogP contribution in [0.5, 0.6) is 11.5 Å². The molecule has 0 bridgehead atoms. The van der Waals surface area contributed by atoms with Gasteiger partial charge in [-0.05, 0) is 146 Å². The SMILES string of the molecule is CCOc1c(Nc2cc(C)[nH]n2)nc(Sc2ccc(NC(=O)C3CC3)cc2)nc1N(CC)CC.COc1c(Nc2cc(C)[nH]n2)nc(Sc2ccc(NC(=O)C3CCCC3)cc2)nc1N1CCN(CCN(C)C)CC1. The summed E-state index contributed by atoms with van der Waals surface area (Å²) in [5.41, 5.74) is 3.51. The Morgan fingerprint density at radius 2 is 1.20 bits per heavy atom. The average molecular weight is 1060 g/mol. The van der Waals surface area contributed by atoms with Crippen molar-refractivity contribution in [2.24, 2.45) is 11.8 Å². The molecule has 9 rings (SSSR count). The van der Waals surface area contributed by atoms with Gasteiger partial charge in [-0.1, -0.05) is 12.8 Å². The number of piperazine rings is 1. The van der Waals surface area contributed by atoms with Crippen LogP contribution in [0.2, 0.25) is 0 Å². The van der Waals surface area contributed by atoms with Crippen molar-refractivity contribution in [3.05, 3.63) is 72.1 Å². The first-order valence-electron chi connectivity index (χ1n) is 26.0. The van der Waals surface area contributed by atoms with E-state index in [0.29, 0.717) is 51.7 Å². The van der Waals surface area contributed by atoms with Crippen molar-refractivity contribution < 1.29 is 19.1 Å². The van der Waals surface area contributed by atoms with Gasteiger partial charge in [0.2, 0.25) is 23.3 Å². The van der Waals surface area contributed by atoms with Gasteiger partial charge in [0.15, 0.2) is 45.2 Å². The molecule has 3 fully saturated rings. The highest BCUT2D eigenvalue weighted by atomic mass is 32.2. The van der Waals surface area contributed by atoms with E-state index < -0.39 is 0 Å². The number of benzene rings is 2. The number of hydrogen-bond donors (Lipinski definition) is 6. The Balaban J connectivity index is 0.000000203. The molecule has 2 aromatic carbocycles. The minimum atomic E-state index is 0.100. The minimum absolute atomic E-state index is 0.100. The molecule has 3 aliphatic rings. The second-order valence-electron chi connectivity index (χ2n) is 19.1. The maximum atomic E-state index is 12.5. The number of rotatable bonds is 22. The molecule has 0 spiro atoms. The van der Waals surface area contributed by atoms with Gasteiger partial charge < -0.3 is 45.4 Å². The second-order valence-corrected chi connectivity index (χ2v) is 21.1. The van der Waals surface area contributed by atoms with Crippen LogP contribution < -0.4 is 40.5 Å². The Kier molecular flexibility index (Phi) is 19.1. The van der Waals surface area contributed by atoms with Gasteiger partial charge in [0.05, 0.1) is 13.7 Å². The number of aryl methyl sites for hydroxylation is 2. The fourth-order valence-electron chi connectivity index (χ4n) is 8.69. The average Bonchev–Trinajstić information content (AvgIpc) is 3.69. The van der Waals surface area contributed by atoms with E-state index in [1.165, 1.54) is 23.5 Å². The summed E-state index contributed by atoms with van der Waals surface area (Å²) in [5.74, 6) is 5.72. The van der Waals surface area contributed by atoms with Gasteiger partial charge in [0.1, 0.15) is 0 Å². The molecule has 1 aliphatic heterocycles. The van der Waals surface area contributed by atoms with Gasteiger partial charge >= 0.3 is 0 Å². The number of methoxy groups -OCH3 is 1. The monoisotopic (exact) mass is 1060 g/mol. The normalized spacial score (nSPS) is 14.8. The third-order valence-electron chi connectivity index (χ3n) is 13.0. The number of H-pyrrole nitrogens is 2. The Labute approximate surface area is 448 Å². The maximum Gasteiger partial charge on any atom is 0.227 e. The standard InChI is InChI=1S/C29H41N9O2S.C24H31N7O2S/c1-20-19-24(35-34-20)31-26-25(40-4)27(38-17-15-37(16-18-38)14-13-36(2)3)33-29(32-26)41-23-11-9-22(10-12-23)30-28(39)21-7-5-6-8-21;1-5-31(6-2)22-20(33-7-3)21(26-19-14-15(4)29-30-19)27-24(28-22)34-18-12-10-17(11-13-18)25-23(32)16-8-9-16/h9-12,19,21H,5-8,13-18H2,1-4H3,(H,30,39)(H2,31,32,33,34,35);10-14,16H,5-9H2,1-4H3,(H,25,32)(H2,26,27,28,29,30). The molecule has 0 atom stereocenters. The third-order valence-corrected chi connectivity index (χ3v) is 14.7. The summed E-state index contributed by atoms with van der Waals surface area (Å²) in [6.45, 7) is 17.8. The number of nitrogens with zero attached hydrogens (tertiary/aromatic N) is 10. The molecule has 5 heterocycles. The van der Waals surface area contributed by atoms with Gasteiger partial charge in [-0.3, -0.25) is 24.7 Å². The number of aromatic amines is 2. The first-order chi connectivity index (χ1) is 36.4. The lowest BCUT2D eigenvalue weighted by Crippen LogP contribution is -2.48. The number of carbonyl (C=O) groups excluding carboxylic acids is 2. The second kappa shape index (κ2) is 26.2. The van der Waals surface area contributed by atoms with Crippen LogP contribution in [0.25, 0.3) is 0 Å². The topological polar surface area (TPSA) is 223 Å². The summed E-state index contributed by atoms with van der Waals surface area (Å²) in [6, 6.07) is 19.5. The Hall–Kier alpha value is -6.62.